The maximum Gasteiger partial charge on any atom is 0.0855 e. The lowest BCUT2D eigenvalue weighted by molar-refractivity contribution is -0.894. The summed E-state index contributed by atoms with van der Waals surface area (Å²) in [6, 6.07) is 0.696. The Labute approximate surface area is 70.4 Å². The highest BCUT2D eigenvalue weighted by Gasteiger charge is 2.16. The predicted molar refractivity (Wildman–Crippen MR) is 48.4 cm³/mol. The first-order valence-electron chi connectivity index (χ1n) is 4.40. The van der Waals surface area contributed by atoms with Gasteiger partial charge in [-0.25, -0.2) is 0 Å². The highest BCUT2D eigenvalue weighted by Crippen LogP contribution is 2.09. The average molecular weight is 160 g/mol. The SMILES string of the molecule is CC(CCCCO)[N+](C)(C)C. The molecule has 0 heterocycles. The molecule has 0 aliphatic heterocycles. The molecule has 1 atom stereocenters. The van der Waals surface area contributed by atoms with E-state index in [4.69, 9.17) is 5.11 Å². The van der Waals surface area contributed by atoms with Crippen molar-refractivity contribution in [3.8, 4) is 0 Å². The van der Waals surface area contributed by atoms with Gasteiger partial charge in [0.25, 0.3) is 0 Å². The van der Waals surface area contributed by atoms with Crippen molar-refractivity contribution in [1.82, 2.24) is 0 Å². The fourth-order valence-corrected chi connectivity index (χ4v) is 0.939. The quantitative estimate of drug-likeness (QED) is 0.474. The third-order valence-electron chi connectivity index (χ3n) is 2.35. The molecule has 0 saturated carbocycles. The Morgan fingerprint density at radius 1 is 1.18 bits per heavy atom. The van der Waals surface area contributed by atoms with Gasteiger partial charge in [0.15, 0.2) is 0 Å². The van der Waals surface area contributed by atoms with E-state index < -0.39 is 0 Å². The van der Waals surface area contributed by atoms with Gasteiger partial charge in [-0.3, -0.25) is 0 Å². The van der Waals surface area contributed by atoms with Crippen LogP contribution in [0.1, 0.15) is 26.2 Å². The van der Waals surface area contributed by atoms with Crippen molar-refractivity contribution in [3.05, 3.63) is 0 Å². The van der Waals surface area contributed by atoms with Crippen molar-refractivity contribution in [2.24, 2.45) is 0 Å². The van der Waals surface area contributed by atoms with Gasteiger partial charge in [-0.2, -0.15) is 0 Å². The third-order valence-corrected chi connectivity index (χ3v) is 2.35. The van der Waals surface area contributed by atoms with Crippen LogP contribution in [-0.4, -0.2) is 43.4 Å². The molecule has 0 aromatic carbocycles. The smallest absolute Gasteiger partial charge is 0.0855 e. The van der Waals surface area contributed by atoms with Gasteiger partial charge in [-0.1, -0.05) is 0 Å². The Morgan fingerprint density at radius 3 is 2.09 bits per heavy atom. The van der Waals surface area contributed by atoms with E-state index in [1.165, 1.54) is 6.42 Å². The van der Waals surface area contributed by atoms with Crippen LogP contribution < -0.4 is 0 Å². The second-order valence-electron chi connectivity index (χ2n) is 4.18. The molecule has 1 unspecified atom stereocenters. The molecule has 0 amide bonds. The van der Waals surface area contributed by atoms with Crippen molar-refractivity contribution in [2.45, 2.75) is 32.2 Å². The molecule has 0 aliphatic carbocycles. The molecule has 0 saturated heterocycles. The number of aliphatic hydroxyl groups is 1. The molecular weight excluding hydrogens is 138 g/mol. The molecule has 0 aliphatic rings. The van der Waals surface area contributed by atoms with Crippen molar-refractivity contribution >= 4 is 0 Å². The van der Waals surface area contributed by atoms with Crippen LogP contribution in [-0.2, 0) is 0 Å². The summed E-state index contributed by atoms with van der Waals surface area (Å²) in [6.07, 6.45) is 3.31. The molecule has 0 fully saturated rings. The zero-order valence-electron chi connectivity index (χ0n) is 8.30. The molecule has 0 aromatic heterocycles. The van der Waals surface area contributed by atoms with E-state index in [-0.39, 0.29) is 0 Å². The molecule has 2 nitrogen and oxygen atoms in total. The number of hydrogen-bond donors (Lipinski definition) is 1. The van der Waals surface area contributed by atoms with E-state index >= 15 is 0 Å². The van der Waals surface area contributed by atoms with Gasteiger partial charge < -0.3 is 9.59 Å². The van der Waals surface area contributed by atoms with Gasteiger partial charge in [0.2, 0.25) is 0 Å². The minimum absolute atomic E-state index is 0.337. The second kappa shape index (κ2) is 4.73. The van der Waals surface area contributed by atoms with Crippen molar-refractivity contribution < 1.29 is 9.59 Å². The molecule has 68 valence electrons. The van der Waals surface area contributed by atoms with Gasteiger partial charge in [-0.05, 0) is 26.2 Å². The fourth-order valence-electron chi connectivity index (χ4n) is 0.939. The average Bonchev–Trinajstić information content (AvgIpc) is 1.86. The van der Waals surface area contributed by atoms with Gasteiger partial charge in [0.1, 0.15) is 0 Å². The Bertz CT molecular complexity index is 96.2. The van der Waals surface area contributed by atoms with E-state index in [0.29, 0.717) is 12.6 Å². The molecule has 0 bridgehead atoms. The van der Waals surface area contributed by atoms with E-state index in [2.05, 4.69) is 28.1 Å². The van der Waals surface area contributed by atoms with Crippen LogP contribution in [0.4, 0.5) is 0 Å². The summed E-state index contributed by atoms with van der Waals surface area (Å²) in [5.74, 6) is 0. The Balaban J connectivity index is 3.44. The van der Waals surface area contributed by atoms with E-state index in [1.807, 2.05) is 0 Å². The van der Waals surface area contributed by atoms with E-state index in [9.17, 15) is 0 Å². The highest BCUT2D eigenvalue weighted by molar-refractivity contribution is 4.50. The van der Waals surface area contributed by atoms with Crippen LogP contribution in [0.15, 0.2) is 0 Å². The number of rotatable bonds is 5. The lowest BCUT2D eigenvalue weighted by Crippen LogP contribution is -2.43. The monoisotopic (exact) mass is 160 g/mol. The highest BCUT2D eigenvalue weighted by atomic mass is 16.2. The summed E-state index contributed by atoms with van der Waals surface area (Å²) in [4.78, 5) is 0. The number of quaternary nitrogens is 1. The first-order valence-corrected chi connectivity index (χ1v) is 4.40. The molecule has 0 aromatic rings. The van der Waals surface area contributed by atoms with Crippen molar-refractivity contribution in [1.29, 1.82) is 0 Å². The molecule has 2 heteroatoms. The second-order valence-corrected chi connectivity index (χ2v) is 4.18. The number of hydrogen-bond acceptors (Lipinski definition) is 1. The molecule has 1 N–H and O–H groups in total. The molecule has 0 rings (SSSR count). The van der Waals surface area contributed by atoms with Gasteiger partial charge in [0.05, 0.1) is 27.2 Å². The lowest BCUT2D eigenvalue weighted by Gasteiger charge is -2.31. The molecule has 11 heavy (non-hydrogen) atoms. The summed E-state index contributed by atoms with van der Waals surface area (Å²) < 4.78 is 1.02. The number of unbranched alkanes of at least 4 members (excludes halogenated alkanes) is 1. The first kappa shape index (κ1) is 10.9. The summed E-state index contributed by atoms with van der Waals surface area (Å²) in [5.41, 5.74) is 0. The standard InChI is InChI=1S/C9H22NO/c1-9(10(2,3)4)7-5-6-8-11/h9,11H,5-8H2,1-4H3/q+1. The fraction of sp³-hybridized carbons (Fsp3) is 1.00. The zero-order chi connectivity index (χ0) is 8.91. The largest absolute Gasteiger partial charge is 0.396 e. The lowest BCUT2D eigenvalue weighted by atomic mass is 10.1. The zero-order valence-corrected chi connectivity index (χ0v) is 8.30. The van der Waals surface area contributed by atoms with Crippen LogP contribution in [0.25, 0.3) is 0 Å². The van der Waals surface area contributed by atoms with Crippen LogP contribution in [0, 0.1) is 0 Å². The molecular formula is C9H22NO+. The Kier molecular flexibility index (Phi) is 4.69. The number of nitrogens with zero attached hydrogens (tertiary/aromatic N) is 1. The molecule has 0 spiro atoms. The van der Waals surface area contributed by atoms with Gasteiger partial charge >= 0.3 is 0 Å². The maximum absolute atomic E-state index is 8.58. The number of aliphatic hydroxyl groups excluding tert-OH is 1. The van der Waals surface area contributed by atoms with Crippen molar-refractivity contribution in [3.63, 3.8) is 0 Å². The van der Waals surface area contributed by atoms with Crippen molar-refractivity contribution in [2.75, 3.05) is 27.7 Å². The normalized spacial score (nSPS) is 15.0. The summed E-state index contributed by atoms with van der Waals surface area (Å²) >= 11 is 0. The third kappa shape index (κ3) is 5.22. The minimum Gasteiger partial charge on any atom is -0.396 e. The molecule has 0 radical (unpaired) electrons. The topological polar surface area (TPSA) is 20.2 Å². The predicted octanol–water partition coefficient (Wildman–Crippen LogP) is 1.24. The summed E-state index contributed by atoms with van der Waals surface area (Å²) in [5, 5.41) is 8.58. The van der Waals surface area contributed by atoms with Crippen LogP contribution in [0.3, 0.4) is 0 Å². The Morgan fingerprint density at radius 2 is 1.73 bits per heavy atom. The van der Waals surface area contributed by atoms with Crippen LogP contribution in [0.5, 0.6) is 0 Å². The first-order chi connectivity index (χ1) is 4.98. The van der Waals surface area contributed by atoms with E-state index in [0.717, 1.165) is 17.3 Å². The van der Waals surface area contributed by atoms with Crippen LogP contribution >= 0.6 is 0 Å². The summed E-state index contributed by atoms with van der Waals surface area (Å²) in [7, 11) is 6.64. The van der Waals surface area contributed by atoms with E-state index in [1.54, 1.807) is 0 Å². The summed E-state index contributed by atoms with van der Waals surface area (Å²) in [6.45, 7) is 2.60. The Hall–Kier alpha value is -0.0800. The minimum atomic E-state index is 0.337. The van der Waals surface area contributed by atoms with Gasteiger partial charge in [0, 0.05) is 6.61 Å². The maximum atomic E-state index is 8.58. The van der Waals surface area contributed by atoms with Crippen LogP contribution in [0.2, 0.25) is 0 Å². The van der Waals surface area contributed by atoms with Gasteiger partial charge in [-0.15, -0.1) is 0 Å².